The lowest BCUT2D eigenvalue weighted by molar-refractivity contribution is 0.0984. The SMILES string of the molecule is O=C(CCc1cc(-c2cccc(Br)c2)no1)c1ccc(Cl)s1. The maximum absolute atomic E-state index is 12.0. The van der Waals surface area contributed by atoms with Crippen molar-refractivity contribution in [3.05, 3.63) is 61.9 Å². The van der Waals surface area contributed by atoms with Gasteiger partial charge in [-0.25, -0.2) is 0 Å². The zero-order chi connectivity index (χ0) is 15.5. The molecule has 112 valence electrons. The van der Waals surface area contributed by atoms with E-state index in [0.29, 0.717) is 27.8 Å². The summed E-state index contributed by atoms with van der Waals surface area (Å²) in [5, 5.41) is 4.06. The van der Waals surface area contributed by atoms with E-state index in [1.807, 2.05) is 30.3 Å². The molecule has 2 heterocycles. The number of carbonyl (C=O) groups excluding carboxylic acids is 1. The van der Waals surface area contributed by atoms with Gasteiger partial charge in [0.25, 0.3) is 0 Å². The summed E-state index contributed by atoms with van der Waals surface area (Å²) in [5.74, 6) is 0.767. The second-order valence-electron chi connectivity index (χ2n) is 4.72. The molecule has 22 heavy (non-hydrogen) atoms. The smallest absolute Gasteiger partial charge is 0.173 e. The van der Waals surface area contributed by atoms with Crippen molar-refractivity contribution < 1.29 is 9.32 Å². The Morgan fingerprint density at radius 3 is 2.86 bits per heavy atom. The third kappa shape index (κ3) is 3.66. The summed E-state index contributed by atoms with van der Waals surface area (Å²) in [6.45, 7) is 0. The topological polar surface area (TPSA) is 43.1 Å². The lowest BCUT2D eigenvalue weighted by atomic mass is 10.1. The minimum atomic E-state index is 0.0669. The summed E-state index contributed by atoms with van der Waals surface area (Å²) in [6.07, 6.45) is 0.902. The molecule has 0 spiro atoms. The standard InChI is InChI=1S/C16H11BrClNO2S/c17-11-3-1-2-10(8-11)13-9-12(21-19-13)4-5-14(20)15-6-7-16(18)22-15/h1-3,6-9H,4-5H2. The summed E-state index contributed by atoms with van der Waals surface area (Å²) in [4.78, 5) is 12.7. The van der Waals surface area contributed by atoms with Crippen molar-refractivity contribution in [2.45, 2.75) is 12.8 Å². The van der Waals surface area contributed by atoms with Gasteiger partial charge < -0.3 is 4.52 Å². The Morgan fingerprint density at radius 2 is 2.14 bits per heavy atom. The van der Waals surface area contributed by atoms with Crippen LogP contribution in [-0.2, 0) is 6.42 Å². The number of aryl methyl sites for hydroxylation is 1. The Labute approximate surface area is 145 Å². The maximum Gasteiger partial charge on any atom is 0.173 e. The van der Waals surface area contributed by atoms with E-state index in [4.69, 9.17) is 16.1 Å². The molecule has 0 radical (unpaired) electrons. The minimum Gasteiger partial charge on any atom is -0.361 e. The molecule has 6 heteroatoms. The molecule has 1 aromatic carbocycles. The summed E-state index contributed by atoms with van der Waals surface area (Å²) >= 11 is 10.6. The number of nitrogens with zero attached hydrogens (tertiary/aromatic N) is 1. The average Bonchev–Trinajstić information content (AvgIpc) is 3.14. The highest BCUT2D eigenvalue weighted by molar-refractivity contribution is 9.10. The van der Waals surface area contributed by atoms with Gasteiger partial charge in [-0.1, -0.05) is 44.8 Å². The van der Waals surface area contributed by atoms with Crippen molar-refractivity contribution >= 4 is 44.7 Å². The molecule has 3 nitrogen and oxygen atoms in total. The highest BCUT2D eigenvalue weighted by Crippen LogP contribution is 2.25. The van der Waals surface area contributed by atoms with Crippen LogP contribution in [0.1, 0.15) is 21.9 Å². The van der Waals surface area contributed by atoms with Crippen LogP contribution in [0.4, 0.5) is 0 Å². The van der Waals surface area contributed by atoms with Crippen molar-refractivity contribution in [1.82, 2.24) is 5.16 Å². The molecule has 0 N–H and O–H groups in total. The van der Waals surface area contributed by atoms with E-state index < -0.39 is 0 Å². The Bertz CT molecular complexity index is 812. The summed E-state index contributed by atoms with van der Waals surface area (Å²) < 4.78 is 6.92. The third-order valence-corrected chi connectivity index (χ3v) is 4.89. The first kappa shape index (κ1) is 15.5. The Hall–Kier alpha value is -1.43. The Balaban J connectivity index is 1.66. The van der Waals surface area contributed by atoms with Crippen LogP contribution in [0.2, 0.25) is 4.34 Å². The number of carbonyl (C=O) groups is 1. The van der Waals surface area contributed by atoms with Crippen LogP contribution >= 0.6 is 38.9 Å². The number of halogens is 2. The zero-order valence-electron chi connectivity index (χ0n) is 11.4. The molecule has 0 unspecified atom stereocenters. The largest absolute Gasteiger partial charge is 0.361 e. The fraction of sp³-hybridized carbons (Fsp3) is 0.125. The van der Waals surface area contributed by atoms with Crippen LogP contribution in [0.5, 0.6) is 0 Å². The number of benzene rings is 1. The summed E-state index contributed by atoms with van der Waals surface area (Å²) in [5.41, 5.74) is 1.74. The molecular formula is C16H11BrClNO2S. The van der Waals surface area contributed by atoms with Gasteiger partial charge in [0.2, 0.25) is 0 Å². The van der Waals surface area contributed by atoms with Gasteiger partial charge in [0, 0.05) is 28.9 Å². The van der Waals surface area contributed by atoms with Crippen molar-refractivity contribution in [2.24, 2.45) is 0 Å². The predicted molar refractivity (Wildman–Crippen MR) is 91.6 cm³/mol. The first-order valence-electron chi connectivity index (χ1n) is 6.62. The molecule has 3 rings (SSSR count). The van der Waals surface area contributed by atoms with E-state index >= 15 is 0 Å². The highest BCUT2D eigenvalue weighted by atomic mass is 79.9. The van der Waals surface area contributed by atoms with Gasteiger partial charge in [0.1, 0.15) is 11.5 Å². The second kappa shape index (κ2) is 6.77. The number of hydrogen-bond donors (Lipinski definition) is 0. The van der Waals surface area contributed by atoms with E-state index in [0.717, 1.165) is 15.7 Å². The monoisotopic (exact) mass is 395 g/mol. The van der Waals surface area contributed by atoms with Crippen molar-refractivity contribution in [2.75, 3.05) is 0 Å². The quantitative estimate of drug-likeness (QED) is 0.525. The Kier molecular flexibility index (Phi) is 4.76. The fourth-order valence-electron chi connectivity index (χ4n) is 2.04. The molecule has 0 bridgehead atoms. The van der Waals surface area contributed by atoms with E-state index in [1.165, 1.54) is 11.3 Å². The van der Waals surface area contributed by atoms with Crippen molar-refractivity contribution in [3.8, 4) is 11.3 Å². The lowest BCUT2D eigenvalue weighted by Gasteiger charge is -1.95. The van der Waals surface area contributed by atoms with Crippen molar-refractivity contribution in [1.29, 1.82) is 0 Å². The van der Waals surface area contributed by atoms with E-state index in [2.05, 4.69) is 21.1 Å². The molecule has 0 fully saturated rings. The minimum absolute atomic E-state index is 0.0669. The molecule has 0 aliphatic heterocycles. The van der Waals surface area contributed by atoms with Gasteiger partial charge in [-0.3, -0.25) is 4.79 Å². The van der Waals surface area contributed by atoms with Gasteiger partial charge >= 0.3 is 0 Å². The first-order valence-corrected chi connectivity index (χ1v) is 8.60. The van der Waals surface area contributed by atoms with Gasteiger partial charge in [-0.05, 0) is 24.3 Å². The summed E-state index contributed by atoms with van der Waals surface area (Å²) in [6, 6.07) is 13.2. The van der Waals surface area contributed by atoms with Gasteiger partial charge in [0.05, 0.1) is 9.21 Å². The molecule has 0 atom stereocenters. The van der Waals surface area contributed by atoms with Crippen LogP contribution in [0.15, 0.2) is 51.5 Å². The van der Waals surface area contributed by atoms with Crippen LogP contribution < -0.4 is 0 Å². The fourth-order valence-corrected chi connectivity index (χ4v) is 3.45. The first-order chi connectivity index (χ1) is 10.6. The van der Waals surface area contributed by atoms with Gasteiger partial charge in [-0.2, -0.15) is 0 Å². The van der Waals surface area contributed by atoms with Crippen LogP contribution in [-0.4, -0.2) is 10.9 Å². The van der Waals surface area contributed by atoms with Crippen LogP contribution in [0, 0.1) is 0 Å². The van der Waals surface area contributed by atoms with Gasteiger partial charge in [0.15, 0.2) is 5.78 Å². The number of ketones is 1. The van der Waals surface area contributed by atoms with Crippen LogP contribution in [0.3, 0.4) is 0 Å². The van der Waals surface area contributed by atoms with Crippen LogP contribution in [0.25, 0.3) is 11.3 Å². The molecule has 0 saturated heterocycles. The average molecular weight is 397 g/mol. The lowest BCUT2D eigenvalue weighted by Crippen LogP contribution is -1.97. The molecule has 0 saturated carbocycles. The van der Waals surface area contributed by atoms with Gasteiger partial charge in [-0.15, -0.1) is 11.3 Å². The molecule has 0 aliphatic carbocycles. The predicted octanol–water partition coefficient (Wildman–Crippen LogP) is 5.63. The number of thiophene rings is 1. The van der Waals surface area contributed by atoms with E-state index in [1.54, 1.807) is 12.1 Å². The Morgan fingerprint density at radius 1 is 1.27 bits per heavy atom. The molecule has 3 aromatic rings. The number of hydrogen-bond acceptors (Lipinski definition) is 4. The molecule has 0 amide bonds. The molecule has 2 aromatic heterocycles. The van der Waals surface area contributed by atoms with Crippen molar-refractivity contribution in [3.63, 3.8) is 0 Å². The molecular weight excluding hydrogens is 386 g/mol. The third-order valence-electron chi connectivity index (χ3n) is 3.13. The summed E-state index contributed by atoms with van der Waals surface area (Å²) in [7, 11) is 0. The normalized spacial score (nSPS) is 10.8. The maximum atomic E-state index is 12.0. The number of Topliss-reactive ketones (excluding diaryl/α,β-unsaturated/α-hetero) is 1. The zero-order valence-corrected chi connectivity index (χ0v) is 14.5. The highest BCUT2D eigenvalue weighted by Gasteiger charge is 2.12. The molecule has 0 aliphatic rings. The number of aromatic nitrogens is 1. The number of rotatable bonds is 5. The van der Waals surface area contributed by atoms with E-state index in [-0.39, 0.29) is 5.78 Å². The second-order valence-corrected chi connectivity index (χ2v) is 7.35. The van der Waals surface area contributed by atoms with E-state index in [9.17, 15) is 4.79 Å².